The number of rotatable bonds is 2. The second-order valence-corrected chi connectivity index (χ2v) is 11.0. The standard InChI is InChI=1S/C22H28FO5.Au/c1-12-8-16-15-5-4-13-9-14(25)6-7-19(13,2)21(15,23)17(26)10-20(16,3)22(12,28)18(27)11-24;/h7,9,12,15-17,24,26,28H,4-5,8,10-11H2,1-3H3;/t12-,15+,16+,17+,19+,20+,21+,22+;/m1./s1. The Morgan fingerprint density at radius 2 is 2.00 bits per heavy atom. The molecule has 0 aromatic rings. The molecule has 4 rings (SSSR count). The molecule has 164 valence electrons. The number of Topliss-reactive ketones (excluding diaryl/α,β-unsaturated/α-hetero) is 1. The molecule has 0 amide bonds. The fourth-order valence-corrected chi connectivity index (χ4v) is 8.07. The second kappa shape index (κ2) is 6.44. The molecular formula is C22H28AuFO5. The van der Waals surface area contributed by atoms with Crippen molar-refractivity contribution < 1.29 is 50.4 Å². The number of allylic oxidation sites excluding steroid dienone is 4. The molecule has 7 heteroatoms. The molecule has 5 nitrogen and oxygen atoms in total. The van der Waals surface area contributed by atoms with Crippen LogP contribution in [0.25, 0.3) is 0 Å². The average Bonchev–Trinajstić information content (AvgIpc) is 2.85. The molecule has 0 saturated heterocycles. The van der Waals surface area contributed by atoms with Crippen molar-refractivity contribution in [2.75, 3.05) is 6.61 Å². The van der Waals surface area contributed by atoms with E-state index in [9.17, 15) is 24.9 Å². The van der Waals surface area contributed by atoms with Crippen molar-refractivity contribution in [2.24, 2.45) is 28.6 Å². The number of ketones is 2. The van der Waals surface area contributed by atoms with Crippen LogP contribution >= 0.6 is 0 Å². The Morgan fingerprint density at radius 1 is 1.34 bits per heavy atom. The summed E-state index contributed by atoms with van der Waals surface area (Å²) in [6.45, 7) is 4.49. The van der Waals surface area contributed by atoms with Crippen LogP contribution in [-0.4, -0.2) is 50.9 Å². The molecule has 0 aliphatic heterocycles. The van der Waals surface area contributed by atoms with Gasteiger partial charge in [0.1, 0.15) is 0 Å². The van der Waals surface area contributed by atoms with Crippen molar-refractivity contribution in [3.05, 3.63) is 21.5 Å². The molecule has 0 bridgehead atoms. The molecule has 4 aliphatic carbocycles. The maximum atomic E-state index is 17.0. The molecule has 0 radical (unpaired) electrons. The molecule has 3 fully saturated rings. The van der Waals surface area contributed by atoms with Gasteiger partial charge in [-0.1, -0.05) is 0 Å². The third-order valence-corrected chi connectivity index (χ3v) is 9.67. The van der Waals surface area contributed by atoms with Crippen LogP contribution in [0.15, 0.2) is 21.5 Å². The summed E-state index contributed by atoms with van der Waals surface area (Å²) in [5, 5.41) is 32.1. The molecule has 8 atom stereocenters. The van der Waals surface area contributed by atoms with E-state index in [2.05, 4.69) is 21.1 Å². The van der Waals surface area contributed by atoms with Crippen LogP contribution in [0.4, 0.5) is 4.39 Å². The first-order valence-corrected chi connectivity index (χ1v) is 11.3. The van der Waals surface area contributed by atoms with Gasteiger partial charge in [0, 0.05) is 0 Å². The fraction of sp³-hybridized carbons (Fsp3) is 0.727. The van der Waals surface area contributed by atoms with Gasteiger partial charge in [0.2, 0.25) is 0 Å². The summed E-state index contributed by atoms with van der Waals surface area (Å²) in [7, 11) is 0. The monoisotopic (exact) mass is 588 g/mol. The normalized spacial score (nSPS) is 51.6. The van der Waals surface area contributed by atoms with E-state index in [0.29, 0.717) is 28.6 Å². The van der Waals surface area contributed by atoms with E-state index >= 15 is 4.39 Å². The van der Waals surface area contributed by atoms with E-state index in [4.69, 9.17) is 0 Å². The van der Waals surface area contributed by atoms with Crippen molar-refractivity contribution in [1.29, 1.82) is 0 Å². The maximum absolute atomic E-state index is 17.0. The molecule has 0 aromatic heterocycles. The molecule has 0 unspecified atom stereocenters. The van der Waals surface area contributed by atoms with E-state index in [1.165, 1.54) is 6.08 Å². The Labute approximate surface area is 182 Å². The van der Waals surface area contributed by atoms with E-state index in [-0.39, 0.29) is 18.1 Å². The van der Waals surface area contributed by atoms with Crippen LogP contribution in [-0.2, 0) is 30.7 Å². The number of halogens is 1. The zero-order chi connectivity index (χ0) is 21.6. The molecule has 3 saturated carbocycles. The van der Waals surface area contributed by atoms with E-state index in [0.717, 1.165) is 0 Å². The Balaban J connectivity index is 1.85. The van der Waals surface area contributed by atoms with Gasteiger partial charge >= 0.3 is 182 Å². The van der Waals surface area contributed by atoms with Gasteiger partial charge in [-0.25, -0.2) is 0 Å². The van der Waals surface area contributed by atoms with Crippen LogP contribution in [0.1, 0.15) is 46.5 Å². The van der Waals surface area contributed by atoms with Gasteiger partial charge in [-0.15, -0.1) is 0 Å². The summed E-state index contributed by atoms with van der Waals surface area (Å²) >= 11 is 2.14. The average molecular weight is 588 g/mol. The van der Waals surface area contributed by atoms with E-state index < -0.39 is 52.4 Å². The number of fused-ring (bicyclic) bond motifs is 5. The van der Waals surface area contributed by atoms with Crippen molar-refractivity contribution in [3.8, 4) is 0 Å². The number of carbonyl (C=O) groups excluding carboxylic acids is 2. The summed E-state index contributed by atoms with van der Waals surface area (Å²) in [5.74, 6) is -2.12. The Hall–Kier alpha value is -0.630. The van der Waals surface area contributed by atoms with Gasteiger partial charge in [-0.3, -0.25) is 0 Å². The van der Waals surface area contributed by atoms with E-state index in [1.807, 2.05) is 0 Å². The molecule has 4 aliphatic rings. The number of aliphatic hydroxyl groups is 3. The van der Waals surface area contributed by atoms with Crippen molar-refractivity contribution in [2.45, 2.75) is 63.8 Å². The SMILES string of the molecule is C[C@@H]1C[C@H]2[C@@H]3CCC4=CC(=O)[C]([Au])=C[C@]4(C)[C@@]3(F)[C@@H](O)C[C@]2(C)[C@@]1(O)C(=O)CO. The number of alkyl halides is 1. The van der Waals surface area contributed by atoms with Crippen molar-refractivity contribution in [1.82, 2.24) is 0 Å². The van der Waals surface area contributed by atoms with Gasteiger partial charge in [0.05, 0.1) is 0 Å². The molecule has 29 heavy (non-hydrogen) atoms. The van der Waals surface area contributed by atoms with Gasteiger partial charge < -0.3 is 0 Å². The number of carbonyl (C=O) groups is 2. The summed E-state index contributed by atoms with van der Waals surface area (Å²) in [6.07, 6.45) is 3.12. The minimum absolute atomic E-state index is 0.0730. The van der Waals surface area contributed by atoms with Gasteiger partial charge in [0.15, 0.2) is 0 Å². The summed E-state index contributed by atoms with van der Waals surface area (Å²) in [4.78, 5) is 24.8. The van der Waals surface area contributed by atoms with Crippen LogP contribution in [0.5, 0.6) is 0 Å². The molecule has 0 spiro atoms. The summed E-state index contributed by atoms with van der Waals surface area (Å²) in [6, 6.07) is 0. The summed E-state index contributed by atoms with van der Waals surface area (Å²) < 4.78 is 17.5. The number of hydrogen-bond acceptors (Lipinski definition) is 5. The number of hydrogen-bond donors (Lipinski definition) is 3. The zero-order valence-corrected chi connectivity index (χ0v) is 19.0. The Kier molecular flexibility index (Phi) is 4.79. The molecular weight excluding hydrogens is 560 g/mol. The van der Waals surface area contributed by atoms with Crippen LogP contribution in [0.2, 0.25) is 0 Å². The quantitative estimate of drug-likeness (QED) is 0.428. The van der Waals surface area contributed by atoms with Crippen molar-refractivity contribution >= 4 is 11.6 Å². The first-order valence-electron chi connectivity index (χ1n) is 10.2. The predicted molar refractivity (Wildman–Crippen MR) is 98.9 cm³/mol. The molecule has 3 N–H and O–H groups in total. The topological polar surface area (TPSA) is 94.8 Å². The van der Waals surface area contributed by atoms with Crippen molar-refractivity contribution in [3.63, 3.8) is 0 Å². The summed E-state index contributed by atoms with van der Waals surface area (Å²) in [5.41, 5.74) is -5.23. The van der Waals surface area contributed by atoms with Gasteiger partial charge in [-0.2, -0.15) is 0 Å². The minimum atomic E-state index is -2.00. The zero-order valence-electron chi connectivity index (χ0n) is 16.8. The first kappa shape index (κ1) is 21.6. The van der Waals surface area contributed by atoms with Gasteiger partial charge in [-0.05, 0) is 0 Å². The van der Waals surface area contributed by atoms with Crippen LogP contribution in [0.3, 0.4) is 0 Å². The second-order valence-electron chi connectivity index (χ2n) is 9.83. The van der Waals surface area contributed by atoms with Crippen LogP contribution in [0, 0.1) is 28.6 Å². The third kappa shape index (κ3) is 2.36. The molecule has 0 heterocycles. The first-order chi connectivity index (χ1) is 13.4. The Bertz CT molecular complexity index is 854. The van der Waals surface area contributed by atoms with E-state index in [1.54, 1.807) is 26.8 Å². The Morgan fingerprint density at radius 3 is 2.62 bits per heavy atom. The fourth-order valence-electron chi connectivity index (χ4n) is 7.29. The predicted octanol–water partition coefficient (Wildman–Crippen LogP) is 1.77. The number of aliphatic hydroxyl groups excluding tert-OH is 2. The third-order valence-electron chi connectivity index (χ3n) is 8.82. The molecule has 0 aromatic carbocycles. The van der Waals surface area contributed by atoms with Gasteiger partial charge in [0.25, 0.3) is 0 Å². The van der Waals surface area contributed by atoms with Crippen LogP contribution < -0.4 is 0 Å².